The van der Waals surface area contributed by atoms with Gasteiger partial charge in [-0.15, -0.1) is 0 Å². The molecule has 4 heteroatoms. The number of halogens is 1. The highest BCUT2D eigenvalue weighted by Gasteiger charge is 2.22. The van der Waals surface area contributed by atoms with Crippen LogP contribution in [0.15, 0.2) is 22.7 Å². The van der Waals surface area contributed by atoms with Crippen molar-refractivity contribution >= 4 is 21.9 Å². The Morgan fingerprint density at radius 1 is 1.44 bits per heavy atom. The monoisotopic (exact) mass is 312 g/mol. The molecule has 1 aliphatic rings. The van der Waals surface area contributed by atoms with Crippen molar-refractivity contribution in [2.75, 3.05) is 6.61 Å². The second-order valence-corrected chi connectivity index (χ2v) is 5.67. The van der Waals surface area contributed by atoms with Gasteiger partial charge in [0.15, 0.2) is 0 Å². The Labute approximate surface area is 115 Å². The third-order valence-electron chi connectivity index (χ3n) is 3.03. The summed E-state index contributed by atoms with van der Waals surface area (Å²) in [5, 5.41) is 8.66. The van der Waals surface area contributed by atoms with Gasteiger partial charge in [-0.2, -0.15) is 0 Å². The molecule has 1 saturated carbocycles. The van der Waals surface area contributed by atoms with Gasteiger partial charge in [-0.25, -0.2) is 0 Å². The number of carboxylic acid groups (broad SMARTS) is 1. The fourth-order valence-electron chi connectivity index (χ4n) is 1.81. The number of carboxylic acids is 1. The SMILES string of the molecule is O=C(O)CCCc1cc(Br)ccc1OCC1CC1. The van der Waals surface area contributed by atoms with Crippen LogP contribution in [0.3, 0.4) is 0 Å². The molecule has 1 fully saturated rings. The number of aryl methyl sites for hydroxylation is 1. The first-order valence-electron chi connectivity index (χ1n) is 6.28. The fraction of sp³-hybridized carbons (Fsp3) is 0.500. The van der Waals surface area contributed by atoms with Crippen molar-refractivity contribution in [1.82, 2.24) is 0 Å². The zero-order valence-corrected chi connectivity index (χ0v) is 11.8. The van der Waals surface area contributed by atoms with Crippen molar-refractivity contribution in [3.05, 3.63) is 28.2 Å². The van der Waals surface area contributed by atoms with E-state index in [-0.39, 0.29) is 6.42 Å². The van der Waals surface area contributed by atoms with E-state index in [4.69, 9.17) is 9.84 Å². The largest absolute Gasteiger partial charge is 0.493 e. The molecule has 0 amide bonds. The lowest BCUT2D eigenvalue weighted by Gasteiger charge is -2.11. The van der Waals surface area contributed by atoms with Gasteiger partial charge in [0, 0.05) is 10.9 Å². The van der Waals surface area contributed by atoms with Gasteiger partial charge in [-0.3, -0.25) is 4.79 Å². The number of rotatable bonds is 7. The van der Waals surface area contributed by atoms with Gasteiger partial charge in [-0.05, 0) is 55.4 Å². The third-order valence-corrected chi connectivity index (χ3v) is 3.52. The molecule has 0 saturated heterocycles. The molecule has 0 unspecified atom stereocenters. The van der Waals surface area contributed by atoms with Crippen LogP contribution < -0.4 is 4.74 Å². The summed E-state index contributed by atoms with van der Waals surface area (Å²) in [6, 6.07) is 5.94. The number of ether oxygens (including phenoxy) is 1. The molecule has 0 spiro atoms. The lowest BCUT2D eigenvalue weighted by molar-refractivity contribution is -0.137. The Morgan fingerprint density at radius 3 is 2.89 bits per heavy atom. The van der Waals surface area contributed by atoms with Crippen LogP contribution in [-0.2, 0) is 11.2 Å². The first kappa shape index (κ1) is 13.4. The molecule has 1 aromatic rings. The van der Waals surface area contributed by atoms with E-state index in [1.54, 1.807) is 0 Å². The molecule has 18 heavy (non-hydrogen) atoms. The van der Waals surface area contributed by atoms with E-state index in [2.05, 4.69) is 15.9 Å². The van der Waals surface area contributed by atoms with Gasteiger partial charge in [0.1, 0.15) is 5.75 Å². The second kappa shape index (κ2) is 6.23. The van der Waals surface area contributed by atoms with Gasteiger partial charge in [0.25, 0.3) is 0 Å². The first-order valence-corrected chi connectivity index (χ1v) is 7.07. The van der Waals surface area contributed by atoms with Crippen molar-refractivity contribution < 1.29 is 14.6 Å². The van der Waals surface area contributed by atoms with Crippen LogP contribution in [-0.4, -0.2) is 17.7 Å². The van der Waals surface area contributed by atoms with Crippen molar-refractivity contribution in [2.45, 2.75) is 32.1 Å². The Kier molecular flexibility index (Phi) is 4.64. The quantitative estimate of drug-likeness (QED) is 0.836. The standard InChI is InChI=1S/C14H17BrO3/c15-12-6-7-13(18-9-10-4-5-10)11(8-12)2-1-3-14(16)17/h6-8,10H,1-5,9H2,(H,16,17). The molecule has 0 radical (unpaired) electrons. The van der Waals surface area contributed by atoms with E-state index in [9.17, 15) is 4.79 Å². The topological polar surface area (TPSA) is 46.5 Å². The average molecular weight is 313 g/mol. The lowest BCUT2D eigenvalue weighted by Crippen LogP contribution is -2.03. The molecule has 0 atom stereocenters. The molecule has 0 heterocycles. The lowest BCUT2D eigenvalue weighted by atomic mass is 10.1. The minimum Gasteiger partial charge on any atom is -0.493 e. The summed E-state index contributed by atoms with van der Waals surface area (Å²) in [6.07, 6.45) is 4.13. The van der Waals surface area contributed by atoms with Crippen LogP contribution in [0.5, 0.6) is 5.75 Å². The smallest absolute Gasteiger partial charge is 0.303 e. The van der Waals surface area contributed by atoms with E-state index in [0.717, 1.165) is 34.7 Å². The second-order valence-electron chi connectivity index (χ2n) is 4.75. The van der Waals surface area contributed by atoms with Crippen molar-refractivity contribution in [3.63, 3.8) is 0 Å². The Morgan fingerprint density at radius 2 is 2.22 bits per heavy atom. The summed E-state index contributed by atoms with van der Waals surface area (Å²) in [4.78, 5) is 10.5. The Bertz CT molecular complexity index is 427. The molecule has 98 valence electrons. The molecule has 1 aliphatic carbocycles. The van der Waals surface area contributed by atoms with Crippen molar-refractivity contribution in [2.24, 2.45) is 5.92 Å². The maximum absolute atomic E-state index is 10.5. The van der Waals surface area contributed by atoms with Crippen molar-refractivity contribution in [3.8, 4) is 5.75 Å². The number of benzene rings is 1. The van der Waals surface area contributed by atoms with Gasteiger partial charge in [-0.1, -0.05) is 15.9 Å². The minimum atomic E-state index is -0.745. The van der Waals surface area contributed by atoms with Gasteiger partial charge in [0.2, 0.25) is 0 Å². The molecular weight excluding hydrogens is 296 g/mol. The minimum absolute atomic E-state index is 0.203. The predicted molar refractivity (Wildman–Crippen MR) is 72.9 cm³/mol. The molecular formula is C14H17BrO3. The summed E-state index contributed by atoms with van der Waals surface area (Å²) >= 11 is 3.44. The number of aliphatic carboxylic acids is 1. The zero-order valence-electron chi connectivity index (χ0n) is 10.2. The van der Waals surface area contributed by atoms with E-state index >= 15 is 0 Å². The maximum Gasteiger partial charge on any atom is 0.303 e. The van der Waals surface area contributed by atoms with Gasteiger partial charge < -0.3 is 9.84 Å². The highest BCUT2D eigenvalue weighted by molar-refractivity contribution is 9.10. The Balaban J connectivity index is 1.95. The normalized spacial score (nSPS) is 14.5. The van der Waals surface area contributed by atoms with Crippen LogP contribution in [0.2, 0.25) is 0 Å². The van der Waals surface area contributed by atoms with E-state index in [1.165, 1.54) is 12.8 Å². The highest BCUT2D eigenvalue weighted by atomic mass is 79.9. The maximum atomic E-state index is 10.5. The molecule has 3 nitrogen and oxygen atoms in total. The predicted octanol–water partition coefficient (Wildman–Crippen LogP) is 3.65. The molecule has 1 aromatic carbocycles. The van der Waals surface area contributed by atoms with Crippen LogP contribution >= 0.6 is 15.9 Å². The van der Waals surface area contributed by atoms with Crippen LogP contribution in [0, 0.1) is 5.92 Å². The number of hydrogen-bond acceptors (Lipinski definition) is 2. The van der Waals surface area contributed by atoms with Crippen molar-refractivity contribution in [1.29, 1.82) is 0 Å². The number of carbonyl (C=O) groups is 1. The summed E-state index contributed by atoms with van der Waals surface area (Å²) in [7, 11) is 0. The Hall–Kier alpha value is -1.03. The van der Waals surface area contributed by atoms with Crippen LogP contribution in [0.1, 0.15) is 31.2 Å². The molecule has 0 aliphatic heterocycles. The summed E-state index contributed by atoms with van der Waals surface area (Å²) in [5.41, 5.74) is 1.09. The zero-order chi connectivity index (χ0) is 13.0. The van der Waals surface area contributed by atoms with E-state index in [1.807, 2.05) is 18.2 Å². The average Bonchev–Trinajstić information content (AvgIpc) is 3.11. The number of hydrogen-bond donors (Lipinski definition) is 1. The van der Waals surface area contributed by atoms with Crippen LogP contribution in [0.25, 0.3) is 0 Å². The van der Waals surface area contributed by atoms with E-state index in [0.29, 0.717) is 6.42 Å². The molecule has 0 aromatic heterocycles. The first-order chi connectivity index (χ1) is 8.65. The summed E-state index contributed by atoms with van der Waals surface area (Å²) in [5.74, 6) is 0.876. The third kappa shape index (κ3) is 4.33. The summed E-state index contributed by atoms with van der Waals surface area (Å²) < 4.78 is 6.81. The summed E-state index contributed by atoms with van der Waals surface area (Å²) in [6.45, 7) is 0.785. The van der Waals surface area contributed by atoms with Gasteiger partial charge in [0.05, 0.1) is 6.61 Å². The molecule has 2 rings (SSSR count). The molecule has 1 N–H and O–H groups in total. The highest BCUT2D eigenvalue weighted by Crippen LogP contribution is 2.31. The molecule has 0 bridgehead atoms. The van der Waals surface area contributed by atoms with Gasteiger partial charge >= 0.3 is 5.97 Å². The van der Waals surface area contributed by atoms with Crippen LogP contribution in [0.4, 0.5) is 0 Å². The van der Waals surface area contributed by atoms with E-state index < -0.39 is 5.97 Å². The fourth-order valence-corrected chi connectivity index (χ4v) is 2.21.